The summed E-state index contributed by atoms with van der Waals surface area (Å²) in [6.07, 6.45) is 0.830. The number of benzene rings is 1. The molecule has 3 rings (SSSR count). The highest BCUT2D eigenvalue weighted by atomic mass is 16.2. The first-order valence-electron chi connectivity index (χ1n) is 5.56. The van der Waals surface area contributed by atoms with E-state index in [4.69, 9.17) is 10.2 Å². The highest BCUT2D eigenvalue weighted by molar-refractivity contribution is 6.43. The molecule has 0 unspecified atom stereocenters. The van der Waals surface area contributed by atoms with Gasteiger partial charge < -0.3 is 10.2 Å². The molecular formula is C14H6O6. The first kappa shape index (κ1) is 12.0. The number of allylic oxidation sites excluding steroid dienone is 2. The topological polar surface area (TPSA) is 109 Å². The molecule has 0 saturated heterocycles. The molecule has 6 heteroatoms. The number of carbonyl (C=O) groups is 4. The van der Waals surface area contributed by atoms with E-state index in [0.717, 1.165) is 12.1 Å². The Bertz CT molecular complexity index is 672. The van der Waals surface area contributed by atoms with Gasteiger partial charge >= 0.3 is 0 Å². The van der Waals surface area contributed by atoms with Crippen LogP contribution in [0.3, 0.4) is 0 Å². The largest absolute Gasteiger partial charge is 0.515 e. The van der Waals surface area contributed by atoms with Crippen molar-refractivity contribution in [2.24, 2.45) is 0 Å². The Balaban J connectivity index is 2.31. The minimum atomic E-state index is -0.697. The second kappa shape index (κ2) is 3.74. The van der Waals surface area contributed by atoms with Crippen molar-refractivity contribution in [3.8, 4) is 0 Å². The number of ketones is 4. The summed E-state index contributed by atoms with van der Waals surface area (Å²) >= 11 is 0. The van der Waals surface area contributed by atoms with Crippen LogP contribution < -0.4 is 0 Å². The van der Waals surface area contributed by atoms with Crippen LogP contribution in [0.25, 0.3) is 0 Å². The molecule has 98 valence electrons. The molecule has 0 aromatic heterocycles. The number of rotatable bonds is 0. The fourth-order valence-corrected chi connectivity index (χ4v) is 2.37. The predicted molar refractivity (Wildman–Crippen MR) is 65.2 cm³/mol. The summed E-state index contributed by atoms with van der Waals surface area (Å²) in [7, 11) is 0. The maximum absolute atomic E-state index is 11.9. The molecule has 0 radical (unpaired) electrons. The second-order valence-electron chi connectivity index (χ2n) is 4.35. The number of hydrogen-bond donors (Lipinski definition) is 2. The summed E-state index contributed by atoms with van der Waals surface area (Å²) in [5, 5.41) is 17.8. The summed E-state index contributed by atoms with van der Waals surface area (Å²) in [6, 6.07) is 2.30. The average Bonchev–Trinajstić information content (AvgIpc) is 2.82. The van der Waals surface area contributed by atoms with Gasteiger partial charge in [0.25, 0.3) is 0 Å². The Kier molecular flexibility index (Phi) is 2.25. The lowest BCUT2D eigenvalue weighted by Gasteiger charge is -1.99. The number of aliphatic hydroxyl groups excluding tert-OH is 2. The molecule has 0 fully saturated rings. The molecule has 6 nitrogen and oxygen atoms in total. The third-order valence-electron chi connectivity index (χ3n) is 3.37. The van der Waals surface area contributed by atoms with Crippen molar-refractivity contribution in [2.45, 2.75) is 0 Å². The van der Waals surface area contributed by atoms with Crippen molar-refractivity contribution in [1.29, 1.82) is 0 Å². The van der Waals surface area contributed by atoms with Gasteiger partial charge in [0.2, 0.25) is 23.1 Å². The van der Waals surface area contributed by atoms with Crippen molar-refractivity contribution < 1.29 is 29.4 Å². The number of Topliss-reactive ketones (excluding diaryl/α,β-unsaturated/α-hetero) is 4. The van der Waals surface area contributed by atoms with Gasteiger partial charge in [-0.05, 0) is 12.1 Å². The lowest BCUT2D eigenvalue weighted by Crippen LogP contribution is -2.01. The van der Waals surface area contributed by atoms with E-state index in [1.807, 2.05) is 0 Å². The zero-order chi connectivity index (χ0) is 14.6. The van der Waals surface area contributed by atoms with Crippen LogP contribution in [-0.2, 0) is 0 Å². The van der Waals surface area contributed by atoms with E-state index in [1.54, 1.807) is 0 Å². The van der Waals surface area contributed by atoms with Crippen LogP contribution in [0.2, 0.25) is 0 Å². The van der Waals surface area contributed by atoms with Crippen molar-refractivity contribution >= 4 is 23.1 Å². The molecule has 0 saturated carbocycles. The van der Waals surface area contributed by atoms with E-state index < -0.39 is 34.3 Å². The highest BCUT2D eigenvalue weighted by Crippen LogP contribution is 2.34. The number of hydrogen-bond acceptors (Lipinski definition) is 6. The Labute approximate surface area is 111 Å². The Hall–Kier alpha value is -3.02. The molecule has 0 bridgehead atoms. The normalized spacial score (nSPS) is 16.6. The Morgan fingerprint density at radius 3 is 1.05 bits per heavy atom. The van der Waals surface area contributed by atoms with Crippen LogP contribution in [0.15, 0.2) is 35.8 Å². The summed E-state index contributed by atoms with van der Waals surface area (Å²) in [5.74, 6) is -2.79. The lowest BCUT2D eigenvalue weighted by atomic mass is 10.0. The van der Waals surface area contributed by atoms with Gasteiger partial charge in [0.1, 0.15) is 11.1 Å². The number of aliphatic hydroxyl groups is 2. The molecule has 2 aliphatic carbocycles. The second-order valence-corrected chi connectivity index (χ2v) is 4.35. The summed E-state index contributed by atoms with van der Waals surface area (Å²) in [4.78, 5) is 47.5. The van der Waals surface area contributed by atoms with Crippen LogP contribution in [-0.4, -0.2) is 33.3 Å². The Morgan fingerprint density at radius 2 is 0.850 bits per heavy atom. The van der Waals surface area contributed by atoms with E-state index in [1.165, 1.54) is 0 Å². The molecule has 0 atom stereocenters. The van der Waals surface area contributed by atoms with Crippen molar-refractivity contribution in [1.82, 2.24) is 0 Å². The first-order valence-corrected chi connectivity index (χ1v) is 5.56. The first-order chi connectivity index (χ1) is 9.51. The van der Waals surface area contributed by atoms with E-state index in [2.05, 4.69) is 0 Å². The van der Waals surface area contributed by atoms with E-state index in [0.29, 0.717) is 12.5 Å². The Morgan fingerprint density at radius 1 is 0.600 bits per heavy atom. The van der Waals surface area contributed by atoms with Gasteiger partial charge in [0.15, 0.2) is 0 Å². The van der Waals surface area contributed by atoms with Gasteiger partial charge in [0, 0.05) is 22.3 Å². The molecule has 1 aromatic rings. The molecule has 0 spiro atoms. The SMILES string of the molecule is O=C1C(=CO)C(=O)c2cc3c(cc21)C(=O)C(=CO)C3=O. The van der Waals surface area contributed by atoms with Crippen LogP contribution >= 0.6 is 0 Å². The minimum Gasteiger partial charge on any atom is -0.515 e. The predicted octanol–water partition coefficient (Wildman–Crippen LogP) is 1.33. The van der Waals surface area contributed by atoms with Gasteiger partial charge in [-0.2, -0.15) is 0 Å². The number of fused-ring (bicyclic) bond motifs is 2. The van der Waals surface area contributed by atoms with Gasteiger partial charge in [0.05, 0.1) is 12.5 Å². The molecule has 2 aliphatic rings. The molecule has 20 heavy (non-hydrogen) atoms. The zero-order valence-electron chi connectivity index (χ0n) is 9.84. The molecular weight excluding hydrogens is 264 g/mol. The van der Waals surface area contributed by atoms with E-state index in [9.17, 15) is 19.2 Å². The molecule has 1 aromatic carbocycles. The van der Waals surface area contributed by atoms with Crippen molar-refractivity contribution in [3.63, 3.8) is 0 Å². The highest BCUT2D eigenvalue weighted by Gasteiger charge is 2.40. The standard InChI is InChI=1S/C14H6O6/c15-3-9-11(17)5-1-6-8(2-7(5)13(9)19)14(20)10(4-16)12(6)18/h1-4,15-16H. The van der Waals surface area contributed by atoms with Crippen molar-refractivity contribution in [3.05, 3.63) is 58.1 Å². The van der Waals surface area contributed by atoms with Gasteiger partial charge in [-0.3, -0.25) is 19.2 Å². The van der Waals surface area contributed by atoms with Crippen LogP contribution in [0.4, 0.5) is 0 Å². The summed E-state index contributed by atoms with van der Waals surface area (Å²) in [5.41, 5.74) is -0.935. The van der Waals surface area contributed by atoms with Crippen LogP contribution in [0.5, 0.6) is 0 Å². The third kappa shape index (κ3) is 1.22. The maximum Gasteiger partial charge on any atom is 0.200 e. The molecule has 0 amide bonds. The maximum atomic E-state index is 11.9. The van der Waals surface area contributed by atoms with Gasteiger partial charge in [-0.25, -0.2) is 0 Å². The molecule has 0 aliphatic heterocycles. The summed E-state index contributed by atoms with van der Waals surface area (Å²) in [6.45, 7) is 0. The third-order valence-corrected chi connectivity index (χ3v) is 3.37. The van der Waals surface area contributed by atoms with Gasteiger partial charge in [-0.1, -0.05) is 0 Å². The average molecular weight is 270 g/mol. The molecule has 0 heterocycles. The fourth-order valence-electron chi connectivity index (χ4n) is 2.37. The number of carbonyl (C=O) groups excluding carboxylic acids is 4. The van der Waals surface area contributed by atoms with Crippen LogP contribution in [0, 0.1) is 0 Å². The molecule has 2 N–H and O–H groups in total. The quantitative estimate of drug-likeness (QED) is 0.418. The minimum absolute atomic E-state index is 0.0330. The monoisotopic (exact) mass is 270 g/mol. The van der Waals surface area contributed by atoms with Crippen LogP contribution in [0.1, 0.15) is 41.4 Å². The van der Waals surface area contributed by atoms with E-state index >= 15 is 0 Å². The lowest BCUT2D eigenvalue weighted by molar-refractivity contribution is 0.0972. The van der Waals surface area contributed by atoms with Gasteiger partial charge in [-0.15, -0.1) is 0 Å². The zero-order valence-corrected chi connectivity index (χ0v) is 9.84. The fraction of sp³-hybridized carbons (Fsp3) is 0. The van der Waals surface area contributed by atoms with E-state index in [-0.39, 0.29) is 22.3 Å². The summed E-state index contributed by atoms with van der Waals surface area (Å²) < 4.78 is 0. The van der Waals surface area contributed by atoms with Crippen molar-refractivity contribution in [2.75, 3.05) is 0 Å². The smallest absolute Gasteiger partial charge is 0.200 e.